The summed E-state index contributed by atoms with van der Waals surface area (Å²) in [5, 5.41) is 9.43. The average Bonchev–Trinajstić information content (AvgIpc) is 2.47. The van der Waals surface area contributed by atoms with Crippen molar-refractivity contribution in [2.24, 2.45) is 0 Å². The largest absolute Gasteiger partial charge is 0.488 e. The first kappa shape index (κ1) is 12.0. The number of carbonyl (C=O) groups is 1. The minimum atomic E-state index is -0.949. The van der Waals surface area contributed by atoms with E-state index in [1.54, 1.807) is 12.3 Å². The van der Waals surface area contributed by atoms with Crippen LogP contribution in [0.2, 0.25) is 5.15 Å². The van der Waals surface area contributed by atoms with E-state index in [1.807, 2.05) is 6.92 Å². The molecule has 1 aromatic rings. The molecular weight excluding hydrogens is 244 g/mol. The van der Waals surface area contributed by atoms with Crippen molar-refractivity contribution in [2.75, 3.05) is 6.54 Å². The number of ether oxygens (including phenoxy) is 1. The van der Waals surface area contributed by atoms with E-state index >= 15 is 0 Å². The Labute approximate surface area is 104 Å². The zero-order valence-corrected chi connectivity index (χ0v) is 10.1. The summed E-state index contributed by atoms with van der Waals surface area (Å²) in [4.78, 5) is 16.3. The Balaban J connectivity index is 2.34. The summed E-state index contributed by atoms with van der Waals surface area (Å²) in [7, 11) is 0. The number of fused-ring (bicyclic) bond motifs is 1. The minimum absolute atomic E-state index is 0.147. The molecule has 1 unspecified atom stereocenters. The molecule has 6 heteroatoms. The van der Waals surface area contributed by atoms with Crippen LogP contribution in [0.15, 0.2) is 12.3 Å². The van der Waals surface area contributed by atoms with Gasteiger partial charge in [-0.1, -0.05) is 18.5 Å². The maximum absolute atomic E-state index is 11.1. The van der Waals surface area contributed by atoms with E-state index in [2.05, 4.69) is 4.98 Å². The zero-order chi connectivity index (χ0) is 12.4. The fourth-order valence-electron chi connectivity index (χ4n) is 1.76. The molecule has 1 atom stereocenters. The van der Waals surface area contributed by atoms with Crippen LogP contribution in [-0.4, -0.2) is 33.7 Å². The van der Waals surface area contributed by atoms with Gasteiger partial charge in [0.1, 0.15) is 17.0 Å². The van der Waals surface area contributed by atoms with Crippen LogP contribution in [0.4, 0.5) is 4.79 Å². The molecule has 92 valence electrons. The molecule has 1 N–H and O–H groups in total. The summed E-state index contributed by atoms with van der Waals surface area (Å²) in [5.41, 5.74) is 0.743. The van der Waals surface area contributed by atoms with Crippen LogP contribution in [-0.2, 0) is 6.54 Å². The molecule has 2 rings (SSSR count). The number of aromatic nitrogens is 1. The lowest BCUT2D eigenvalue weighted by atomic mass is 10.2. The van der Waals surface area contributed by atoms with Crippen molar-refractivity contribution in [1.82, 2.24) is 9.88 Å². The summed E-state index contributed by atoms with van der Waals surface area (Å²) in [5.74, 6) is 0.626. The van der Waals surface area contributed by atoms with Crippen molar-refractivity contribution >= 4 is 17.7 Å². The Morgan fingerprint density at radius 1 is 1.76 bits per heavy atom. The molecule has 0 aliphatic carbocycles. The van der Waals surface area contributed by atoms with Crippen LogP contribution in [0.25, 0.3) is 0 Å². The van der Waals surface area contributed by atoms with Gasteiger partial charge >= 0.3 is 6.09 Å². The first-order valence-corrected chi connectivity index (χ1v) is 5.77. The molecule has 0 radical (unpaired) electrons. The zero-order valence-electron chi connectivity index (χ0n) is 9.39. The van der Waals surface area contributed by atoms with Crippen LogP contribution in [0, 0.1) is 0 Å². The molecule has 1 aliphatic heterocycles. The highest BCUT2D eigenvalue weighted by atomic mass is 35.5. The van der Waals surface area contributed by atoms with E-state index in [9.17, 15) is 4.79 Å². The molecule has 0 saturated heterocycles. The van der Waals surface area contributed by atoms with Gasteiger partial charge in [-0.05, 0) is 6.42 Å². The number of hydrogen-bond donors (Lipinski definition) is 1. The van der Waals surface area contributed by atoms with Gasteiger partial charge in [0.25, 0.3) is 0 Å². The molecule has 1 aromatic heterocycles. The standard InChI is InChI=1S/C11H13ClN2O3/c1-2-8-6-14(11(15)16)5-7-4-13-10(12)3-9(7)17-8/h3-4,8H,2,5-6H2,1H3,(H,15,16). The molecule has 0 saturated carbocycles. The Morgan fingerprint density at radius 2 is 2.53 bits per heavy atom. The van der Waals surface area contributed by atoms with Crippen molar-refractivity contribution in [3.05, 3.63) is 23.0 Å². The van der Waals surface area contributed by atoms with Crippen molar-refractivity contribution in [2.45, 2.75) is 26.0 Å². The van der Waals surface area contributed by atoms with Crippen LogP contribution < -0.4 is 4.74 Å². The van der Waals surface area contributed by atoms with Crippen LogP contribution >= 0.6 is 11.6 Å². The highest BCUT2D eigenvalue weighted by Gasteiger charge is 2.25. The van der Waals surface area contributed by atoms with E-state index < -0.39 is 6.09 Å². The summed E-state index contributed by atoms with van der Waals surface area (Å²) < 4.78 is 5.74. The first-order chi connectivity index (χ1) is 8.10. The molecule has 1 aliphatic rings. The van der Waals surface area contributed by atoms with E-state index in [-0.39, 0.29) is 12.6 Å². The summed E-state index contributed by atoms with van der Waals surface area (Å²) in [6.07, 6.45) is 1.20. The Morgan fingerprint density at radius 3 is 3.18 bits per heavy atom. The predicted molar refractivity (Wildman–Crippen MR) is 62.4 cm³/mol. The van der Waals surface area contributed by atoms with Gasteiger partial charge in [0.05, 0.1) is 13.1 Å². The smallest absolute Gasteiger partial charge is 0.407 e. The Bertz CT molecular complexity index is 439. The Hall–Kier alpha value is -1.49. The van der Waals surface area contributed by atoms with Gasteiger partial charge in [0.2, 0.25) is 0 Å². The van der Waals surface area contributed by atoms with Gasteiger partial charge in [-0.25, -0.2) is 9.78 Å². The molecule has 0 bridgehead atoms. The predicted octanol–water partition coefficient (Wildman–Crippen LogP) is 2.39. The quantitative estimate of drug-likeness (QED) is 0.784. The first-order valence-electron chi connectivity index (χ1n) is 5.39. The van der Waals surface area contributed by atoms with Crippen molar-refractivity contribution in [3.63, 3.8) is 0 Å². The summed E-state index contributed by atoms with van der Waals surface area (Å²) in [6, 6.07) is 1.63. The second-order valence-corrected chi connectivity index (χ2v) is 4.31. The summed E-state index contributed by atoms with van der Waals surface area (Å²) >= 11 is 5.80. The van der Waals surface area contributed by atoms with Gasteiger partial charge in [-0.3, -0.25) is 0 Å². The lowest BCUT2D eigenvalue weighted by Crippen LogP contribution is -2.35. The number of amides is 1. The van der Waals surface area contributed by atoms with Gasteiger partial charge in [0, 0.05) is 17.8 Å². The van der Waals surface area contributed by atoms with Gasteiger partial charge < -0.3 is 14.7 Å². The molecule has 0 aromatic carbocycles. The second-order valence-electron chi connectivity index (χ2n) is 3.93. The third-order valence-corrected chi connectivity index (χ3v) is 2.92. The van der Waals surface area contributed by atoms with Gasteiger partial charge in [-0.2, -0.15) is 0 Å². The van der Waals surface area contributed by atoms with Crippen LogP contribution in [0.5, 0.6) is 5.75 Å². The minimum Gasteiger partial charge on any atom is -0.488 e. The maximum atomic E-state index is 11.1. The monoisotopic (exact) mass is 256 g/mol. The molecular formula is C11H13ClN2O3. The molecule has 5 nitrogen and oxygen atoms in total. The van der Waals surface area contributed by atoms with E-state index in [1.165, 1.54) is 4.90 Å². The van der Waals surface area contributed by atoms with Crippen LogP contribution in [0.1, 0.15) is 18.9 Å². The lowest BCUT2D eigenvalue weighted by molar-refractivity contribution is 0.114. The van der Waals surface area contributed by atoms with Crippen molar-refractivity contribution in [3.8, 4) is 5.75 Å². The Kier molecular flexibility index (Phi) is 3.38. The summed E-state index contributed by atoms with van der Waals surface area (Å²) in [6.45, 7) is 2.60. The van der Waals surface area contributed by atoms with Crippen LogP contribution in [0.3, 0.4) is 0 Å². The van der Waals surface area contributed by atoms with Gasteiger partial charge in [0.15, 0.2) is 0 Å². The van der Waals surface area contributed by atoms with E-state index in [0.29, 0.717) is 17.4 Å². The fourth-order valence-corrected chi connectivity index (χ4v) is 1.91. The van der Waals surface area contributed by atoms with Gasteiger partial charge in [-0.15, -0.1) is 0 Å². The number of pyridine rings is 1. The average molecular weight is 257 g/mol. The highest BCUT2D eigenvalue weighted by molar-refractivity contribution is 6.29. The molecule has 2 heterocycles. The lowest BCUT2D eigenvalue weighted by Gasteiger charge is -2.20. The van der Waals surface area contributed by atoms with E-state index in [0.717, 1.165) is 12.0 Å². The SMILES string of the molecule is CCC1CN(C(=O)O)Cc2cnc(Cl)cc2O1. The van der Waals surface area contributed by atoms with Crippen molar-refractivity contribution in [1.29, 1.82) is 0 Å². The molecule has 1 amide bonds. The number of halogens is 1. The van der Waals surface area contributed by atoms with Crippen molar-refractivity contribution < 1.29 is 14.6 Å². The second kappa shape index (κ2) is 4.79. The molecule has 17 heavy (non-hydrogen) atoms. The normalized spacial score (nSPS) is 19.2. The molecule has 0 spiro atoms. The topological polar surface area (TPSA) is 62.7 Å². The number of carboxylic acid groups (broad SMARTS) is 1. The fraction of sp³-hybridized carbons (Fsp3) is 0.455. The third-order valence-electron chi connectivity index (χ3n) is 2.72. The maximum Gasteiger partial charge on any atom is 0.407 e. The number of hydrogen-bond acceptors (Lipinski definition) is 3. The third kappa shape index (κ3) is 2.61. The van der Waals surface area contributed by atoms with E-state index in [4.69, 9.17) is 21.4 Å². The highest BCUT2D eigenvalue weighted by Crippen LogP contribution is 2.27. The number of rotatable bonds is 1. The molecule has 0 fully saturated rings. The number of nitrogens with zero attached hydrogens (tertiary/aromatic N) is 2.